The fraction of sp³-hybridized carbons (Fsp3) is 1.00. The second-order valence-electron chi connectivity index (χ2n) is 3.91. The lowest BCUT2D eigenvalue weighted by atomic mass is 9.73. The summed E-state index contributed by atoms with van der Waals surface area (Å²) in [4.78, 5) is 0. The zero-order valence-corrected chi connectivity index (χ0v) is 7.17. The lowest BCUT2D eigenvalue weighted by molar-refractivity contribution is 0.174. The molecule has 2 unspecified atom stereocenters. The van der Waals surface area contributed by atoms with Crippen LogP contribution >= 0.6 is 0 Å². The van der Waals surface area contributed by atoms with Crippen LogP contribution in [0.5, 0.6) is 0 Å². The van der Waals surface area contributed by atoms with Crippen LogP contribution in [0.3, 0.4) is 0 Å². The molecule has 1 nitrogen and oxygen atoms in total. The zero-order valence-electron chi connectivity index (χ0n) is 7.17. The normalized spacial score (nSPS) is 41.0. The largest absolute Gasteiger partial charge is 0.394 e. The maximum Gasteiger partial charge on any atom is 0.109 e. The lowest BCUT2D eigenvalue weighted by Crippen LogP contribution is -2.16. The summed E-state index contributed by atoms with van der Waals surface area (Å²) < 4.78 is 0. The number of hydrogen-bond acceptors (Lipinski definition) is 1. The Balaban J connectivity index is 2.49. The Bertz CT molecular complexity index is 114. The Morgan fingerprint density at radius 3 is 2.20 bits per heavy atom. The van der Waals surface area contributed by atoms with E-state index in [0.29, 0.717) is 5.82 Å². The minimum absolute atomic E-state index is 0.0209. The fourth-order valence-corrected chi connectivity index (χ4v) is 2.11. The van der Waals surface area contributed by atoms with Crippen LogP contribution in [0.15, 0.2) is 0 Å². The Labute approximate surface area is 64.2 Å². The Morgan fingerprint density at radius 2 is 2.00 bits per heavy atom. The van der Waals surface area contributed by atoms with Crippen LogP contribution < -0.4 is 0 Å². The van der Waals surface area contributed by atoms with Gasteiger partial charge in [0.05, 0.1) is 0 Å². The molecule has 1 aliphatic rings. The quantitative estimate of drug-likeness (QED) is 0.535. The van der Waals surface area contributed by atoms with E-state index in [-0.39, 0.29) is 6.10 Å². The summed E-state index contributed by atoms with van der Waals surface area (Å²) in [6.07, 6.45) is 2.22. The molecule has 0 aliphatic heterocycles. The van der Waals surface area contributed by atoms with Crippen LogP contribution in [-0.4, -0.2) is 19.1 Å². The highest BCUT2D eigenvalue weighted by molar-refractivity contribution is 6.12. The van der Waals surface area contributed by atoms with Gasteiger partial charge >= 0.3 is 0 Å². The molecule has 58 valence electrons. The van der Waals surface area contributed by atoms with Gasteiger partial charge in [0.1, 0.15) is 7.85 Å². The molecule has 0 spiro atoms. The highest BCUT2D eigenvalue weighted by Gasteiger charge is 2.32. The standard InChI is InChI=1S/C8H17BO/c1-5(2)6-3-4-7(10)8(6)9/h5-8,10H,3-4,9H2,1-2H3/t6?,7-,8?/m1/s1. The van der Waals surface area contributed by atoms with Gasteiger partial charge in [-0.2, -0.15) is 0 Å². The van der Waals surface area contributed by atoms with Gasteiger partial charge in [0.15, 0.2) is 0 Å². The molecule has 1 N–H and O–H groups in total. The lowest BCUT2D eigenvalue weighted by Gasteiger charge is -2.20. The summed E-state index contributed by atoms with van der Waals surface area (Å²) in [7, 11) is 2.17. The molecule has 1 aliphatic carbocycles. The zero-order chi connectivity index (χ0) is 7.72. The van der Waals surface area contributed by atoms with E-state index in [0.717, 1.165) is 18.3 Å². The first kappa shape index (κ1) is 8.12. The molecule has 2 heteroatoms. The molecule has 0 saturated heterocycles. The summed E-state index contributed by atoms with van der Waals surface area (Å²) >= 11 is 0. The van der Waals surface area contributed by atoms with Gasteiger partial charge in [-0.1, -0.05) is 13.8 Å². The summed E-state index contributed by atoms with van der Waals surface area (Å²) in [6.45, 7) is 4.50. The van der Waals surface area contributed by atoms with Gasteiger partial charge < -0.3 is 5.11 Å². The van der Waals surface area contributed by atoms with Crippen molar-refractivity contribution in [1.29, 1.82) is 0 Å². The van der Waals surface area contributed by atoms with Crippen LogP contribution in [0.25, 0.3) is 0 Å². The molecule has 0 radical (unpaired) electrons. The highest BCUT2D eigenvalue weighted by Crippen LogP contribution is 2.38. The molecule has 1 fully saturated rings. The van der Waals surface area contributed by atoms with E-state index in [1.165, 1.54) is 6.42 Å². The number of aliphatic hydroxyl groups is 1. The summed E-state index contributed by atoms with van der Waals surface area (Å²) in [5.41, 5.74) is 0. The van der Waals surface area contributed by atoms with Gasteiger partial charge in [-0.05, 0) is 30.5 Å². The van der Waals surface area contributed by atoms with Crippen LogP contribution in [0.2, 0.25) is 5.82 Å². The predicted octanol–water partition coefficient (Wildman–Crippen LogP) is 0.835. The van der Waals surface area contributed by atoms with Crippen molar-refractivity contribution in [3.05, 3.63) is 0 Å². The average molecular weight is 140 g/mol. The highest BCUT2D eigenvalue weighted by atomic mass is 16.3. The van der Waals surface area contributed by atoms with E-state index < -0.39 is 0 Å². The van der Waals surface area contributed by atoms with Gasteiger partial charge in [-0.15, -0.1) is 0 Å². The van der Waals surface area contributed by atoms with Crippen molar-refractivity contribution in [1.82, 2.24) is 0 Å². The summed E-state index contributed by atoms with van der Waals surface area (Å²) in [5, 5.41) is 9.42. The molecule has 10 heavy (non-hydrogen) atoms. The number of rotatable bonds is 1. The van der Waals surface area contributed by atoms with Crippen molar-refractivity contribution in [2.75, 3.05) is 0 Å². The van der Waals surface area contributed by atoms with E-state index in [9.17, 15) is 5.11 Å². The monoisotopic (exact) mass is 140 g/mol. The Kier molecular flexibility index (Phi) is 2.40. The Morgan fingerprint density at radius 1 is 1.40 bits per heavy atom. The van der Waals surface area contributed by atoms with E-state index in [1.807, 2.05) is 0 Å². The molecule has 0 bridgehead atoms. The third-order valence-electron chi connectivity index (χ3n) is 2.93. The van der Waals surface area contributed by atoms with Gasteiger partial charge in [0, 0.05) is 6.10 Å². The third-order valence-corrected chi connectivity index (χ3v) is 2.93. The van der Waals surface area contributed by atoms with E-state index in [1.54, 1.807) is 0 Å². The van der Waals surface area contributed by atoms with E-state index in [4.69, 9.17) is 0 Å². The van der Waals surface area contributed by atoms with E-state index in [2.05, 4.69) is 21.7 Å². The second kappa shape index (κ2) is 2.95. The first-order valence-corrected chi connectivity index (χ1v) is 4.31. The van der Waals surface area contributed by atoms with Crippen LogP contribution in [-0.2, 0) is 0 Å². The molecular formula is C8H17BO. The molecule has 0 heterocycles. The SMILES string of the molecule is BC1C(C(C)C)CC[C@H]1O. The van der Waals surface area contributed by atoms with Crippen molar-refractivity contribution >= 4 is 7.85 Å². The van der Waals surface area contributed by atoms with Crippen molar-refractivity contribution < 1.29 is 5.11 Å². The Hall–Kier alpha value is 0.0249. The van der Waals surface area contributed by atoms with Crippen molar-refractivity contribution in [2.24, 2.45) is 11.8 Å². The minimum atomic E-state index is -0.0209. The summed E-state index contributed by atoms with van der Waals surface area (Å²) in [5.74, 6) is 2.03. The molecular weight excluding hydrogens is 123 g/mol. The first-order valence-electron chi connectivity index (χ1n) is 4.31. The maximum atomic E-state index is 9.42. The number of hydrogen-bond donors (Lipinski definition) is 1. The molecule has 0 aromatic heterocycles. The third kappa shape index (κ3) is 1.37. The van der Waals surface area contributed by atoms with Crippen LogP contribution in [0.1, 0.15) is 26.7 Å². The molecule has 1 rings (SSSR count). The number of aliphatic hydroxyl groups excluding tert-OH is 1. The van der Waals surface area contributed by atoms with Crippen molar-refractivity contribution in [2.45, 2.75) is 38.6 Å². The van der Waals surface area contributed by atoms with Crippen LogP contribution in [0, 0.1) is 11.8 Å². The van der Waals surface area contributed by atoms with E-state index >= 15 is 0 Å². The van der Waals surface area contributed by atoms with Crippen molar-refractivity contribution in [3.63, 3.8) is 0 Å². The molecule has 1 saturated carbocycles. The minimum Gasteiger partial charge on any atom is -0.394 e. The second-order valence-corrected chi connectivity index (χ2v) is 3.91. The maximum absolute atomic E-state index is 9.42. The first-order chi connectivity index (χ1) is 4.63. The summed E-state index contributed by atoms with van der Waals surface area (Å²) in [6, 6.07) is 0. The molecule has 0 amide bonds. The van der Waals surface area contributed by atoms with Gasteiger partial charge in [0.2, 0.25) is 0 Å². The van der Waals surface area contributed by atoms with Gasteiger partial charge in [0.25, 0.3) is 0 Å². The van der Waals surface area contributed by atoms with Crippen LogP contribution in [0.4, 0.5) is 0 Å². The molecule has 0 aromatic carbocycles. The van der Waals surface area contributed by atoms with Gasteiger partial charge in [-0.25, -0.2) is 0 Å². The van der Waals surface area contributed by atoms with Gasteiger partial charge in [-0.3, -0.25) is 0 Å². The smallest absolute Gasteiger partial charge is 0.109 e. The van der Waals surface area contributed by atoms with Crippen molar-refractivity contribution in [3.8, 4) is 0 Å². The molecule has 0 aromatic rings. The average Bonchev–Trinajstić information content (AvgIpc) is 2.14. The predicted molar refractivity (Wildman–Crippen MR) is 45.9 cm³/mol. The topological polar surface area (TPSA) is 20.2 Å². The molecule has 3 atom stereocenters. The fourth-order valence-electron chi connectivity index (χ4n) is 2.11.